The van der Waals surface area contributed by atoms with E-state index < -0.39 is 68.0 Å². The first kappa shape index (κ1) is 19.4. The van der Waals surface area contributed by atoms with Crippen molar-refractivity contribution in [3.8, 4) is 0 Å². The molecule has 0 spiro atoms. The van der Waals surface area contributed by atoms with Gasteiger partial charge in [0.1, 0.15) is 54.8 Å². The molecule has 11 nitrogen and oxygen atoms in total. The fourth-order valence-corrected chi connectivity index (χ4v) is 2.58. The Labute approximate surface area is 135 Å². The Bertz CT molecular complexity index is 465. The molecular weight excluding hydrogens is 332 g/mol. The van der Waals surface area contributed by atoms with Crippen molar-refractivity contribution in [2.45, 2.75) is 61.4 Å². The Kier molecular flexibility index (Phi) is 6.42. The first-order valence-electron chi connectivity index (χ1n) is 7.18. The summed E-state index contributed by atoms with van der Waals surface area (Å²) in [7, 11) is 0. The van der Waals surface area contributed by atoms with Gasteiger partial charge in [0.15, 0.2) is 12.6 Å². The van der Waals surface area contributed by atoms with Crippen LogP contribution >= 0.6 is 0 Å². The van der Waals surface area contributed by atoms with Crippen LogP contribution < -0.4 is 0 Å². The quantitative estimate of drug-likeness (QED) is 0.240. The summed E-state index contributed by atoms with van der Waals surface area (Å²) in [4.78, 5) is 10.4. The summed E-state index contributed by atoms with van der Waals surface area (Å²) in [5.41, 5.74) is 0. The van der Waals surface area contributed by atoms with Crippen LogP contribution in [-0.4, -0.2) is 110 Å². The van der Waals surface area contributed by atoms with E-state index in [4.69, 9.17) is 14.2 Å². The molecule has 138 valence electrons. The highest BCUT2D eigenvalue weighted by atomic mass is 16.7. The minimum absolute atomic E-state index is 0.697. The lowest BCUT2D eigenvalue weighted by Gasteiger charge is -2.44. The minimum atomic E-state index is -1.76. The molecule has 24 heavy (non-hydrogen) atoms. The lowest BCUT2D eigenvalue weighted by Crippen LogP contribution is -2.63. The van der Waals surface area contributed by atoms with E-state index in [1.54, 1.807) is 0 Å². The van der Waals surface area contributed by atoms with Crippen LogP contribution in [0.5, 0.6) is 0 Å². The highest BCUT2D eigenvalue weighted by Crippen LogP contribution is 2.28. The van der Waals surface area contributed by atoms with Gasteiger partial charge < -0.3 is 50.0 Å². The van der Waals surface area contributed by atoms with Gasteiger partial charge in [-0.2, -0.15) is 0 Å². The second-order valence-corrected chi connectivity index (χ2v) is 5.55. The van der Waals surface area contributed by atoms with Gasteiger partial charge in [0, 0.05) is 6.08 Å². The zero-order chi connectivity index (χ0) is 18.0. The highest BCUT2D eigenvalue weighted by molar-refractivity contribution is 5.46. The monoisotopic (exact) mass is 352 g/mol. The Morgan fingerprint density at radius 2 is 1.58 bits per heavy atom. The summed E-state index contributed by atoms with van der Waals surface area (Å²) >= 11 is 0. The van der Waals surface area contributed by atoms with Crippen molar-refractivity contribution >= 4 is 5.94 Å². The number of aliphatic hydroxyl groups excluding tert-OH is 7. The Morgan fingerprint density at radius 3 is 2.17 bits per heavy atom. The van der Waals surface area contributed by atoms with Crippen molar-refractivity contribution in [3.05, 3.63) is 6.08 Å². The molecule has 0 aromatic rings. The predicted octanol–water partition coefficient (Wildman–Crippen LogP) is -5.00. The lowest BCUT2D eigenvalue weighted by molar-refractivity contribution is -0.349. The number of rotatable bonds is 4. The standard InChI is InChI=1S/C13H20O11/c14-2-1-4-6(16)7(17)10(20)13(23-4)24-11-5(3-15)22-12(21)9(19)8(11)18/h1,4-13,15-21H,3H2. The third kappa shape index (κ3) is 3.67. The number of carbonyl (C=O) groups excluding carboxylic acids is 1. The molecule has 0 aromatic heterocycles. The van der Waals surface area contributed by atoms with Crippen LogP contribution in [0.3, 0.4) is 0 Å². The fourth-order valence-electron chi connectivity index (χ4n) is 2.58. The van der Waals surface area contributed by atoms with Gasteiger partial charge in [0.05, 0.1) is 6.61 Å². The van der Waals surface area contributed by atoms with Crippen molar-refractivity contribution in [1.29, 1.82) is 0 Å². The zero-order valence-corrected chi connectivity index (χ0v) is 12.3. The van der Waals surface area contributed by atoms with Crippen molar-refractivity contribution in [2.24, 2.45) is 0 Å². The Morgan fingerprint density at radius 1 is 0.917 bits per heavy atom. The van der Waals surface area contributed by atoms with Crippen LogP contribution in [0.2, 0.25) is 0 Å². The number of hydrogen-bond acceptors (Lipinski definition) is 11. The van der Waals surface area contributed by atoms with E-state index in [0.29, 0.717) is 0 Å². The Hall–Kier alpha value is -0.950. The van der Waals surface area contributed by atoms with Gasteiger partial charge in [0.2, 0.25) is 0 Å². The third-order valence-electron chi connectivity index (χ3n) is 3.97. The van der Waals surface area contributed by atoms with Crippen molar-refractivity contribution < 1.29 is 54.8 Å². The van der Waals surface area contributed by atoms with Crippen LogP contribution in [0.25, 0.3) is 0 Å². The first-order chi connectivity index (χ1) is 11.3. The predicted molar refractivity (Wildman–Crippen MR) is 71.8 cm³/mol. The summed E-state index contributed by atoms with van der Waals surface area (Å²) in [6, 6.07) is 0. The van der Waals surface area contributed by atoms with Gasteiger partial charge in [-0.3, -0.25) is 0 Å². The molecule has 7 N–H and O–H groups in total. The molecule has 10 unspecified atom stereocenters. The van der Waals surface area contributed by atoms with Crippen LogP contribution in [0.1, 0.15) is 0 Å². The lowest BCUT2D eigenvalue weighted by atomic mass is 9.97. The van der Waals surface area contributed by atoms with Crippen LogP contribution in [0, 0.1) is 0 Å². The largest absolute Gasteiger partial charge is 0.394 e. The summed E-state index contributed by atoms with van der Waals surface area (Å²) in [6.07, 6.45) is -15.2. The summed E-state index contributed by atoms with van der Waals surface area (Å²) in [5, 5.41) is 67.7. The molecule has 0 saturated carbocycles. The van der Waals surface area contributed by atoms with Gasteiger partial charge in [-0.1, -0.05) is 0 Å². The molecule has 2 rings (SSSR count). The number of aliphatic hydroxyl groups is 7. The normalized spacial score (nSPS) is 49.5. The zero-order valence-electron chi connectivity index (χ0n) is 12.3. The molecule has 2 heterocycles. The topological polar surface area (TPSA) is 186 Å². The van der Waals surface area contributed by atoms with E-state index in [-0.39, 0.29) is 0 Å². The molecule has 0 aromatic carbocycles. The molecule has 2 fully saturated rings. The molecular formula is C13H20O11. The molecule has 0 bridgehead atoms. The molecule has 10 atom stereocenters. The molecule has 2 aliphatic rings. The molecule has 0 aliphatic carbocycles. The SMILES string of the molecule is O=C=CC1OC(OC2C(CO)OC(O)C(O)C2O)C(O)C(O)C1O. The second-order valence-electron chi connectivity index (χ2n) is 5.55. The summed E-state index contributed by atoms with van der Waals surface area (Å²) in [6.45, 7) is -0.697. The van der Waals surface area contributed by atoms with Crippen LogP contribution in [-0.2, 0) is 19.0 Å². The van der Waals surface area contributed by atoms with E-state index in [9.17, 15) is 40.5 Å². The average molecular weight is 352 g/mol. The van der Waals surface area contributed by atoms with Crippen LogP contribution in [0.15, 0.2) is 6.08 Å². The van der Waals surface area contributed by atoms with Crippen molar-refractivity contribution in [3.63, 3.8) is 0 Å². The van der Waals surface area contributed by atoms with E-state index >= 15 is 0 Å². The smallest absolute Gasteiger partial charge is 0.187 e. The first-order valence-corrected chi connectivity index (χ1v) is 7.18. The molecule has 0 amide bonds. The van der Waals surface area contributed by atoms with Crippen molar-refractivity contribution in [1.82, 2.24) is 0 Å². The highest BCUT2D eigenvalue weighted by Gasteiger charge is 2.49. The molecule has 2 saturated heterocycles. The maximum Gasteiger partial charge on any atom is 0.187 e. The third-order valence-corrected chi connectivity index (χ3v) is 3.97. The number of ether oxygens (including phenoxy) is 3. The average Bonchev–Trinajstić information content (AvgIpc) is 2.57. The van der Waals surface area contributed by atoms with E-state index in [0.717, 1.165) is 6.08 Å². The molecule has 2 aliphatic heterocycles. The fraction of sp³-hybridized carbons (Fsp3) is 0.846. The van der Waals surface area contributed by atoms with Crippen molar-refractivity contribution in [2.75, 3.05) is 6.61 Å². The van der Waals surface area contributed by atoms with E-state index in [2.05, 4.69) is 0 Å². The molecule has 0 radical (unpaired) electrons. The maximum absolute atomic E-state index is 10.4. The van der Waals surface area contributed by atoms with Gasteiger partial charge in [0.25, 0.3) is 0 Å². The van der Waals surface area contributed by atoms with Gasteiger partial charge in [-0.05, 0) is 0 Å². The summed E-state index contributed by atoms with van der Waals surface area (Å²) in [5.74, 6) is 1.37. The second kappa shape index (κ2) is 7.95. The van der Waals surface area contributed by atoms with Gasteiger partial charge in [-0.15, -0.1) is 0 Å². The Balaban J connectivity index is 2.16. The van der Waals surface area contributed by atoms with Gasteiger partial charge in [-0.25, -0.2) is 4.79 Å². The summed E-state index contributed by atoms with van der Waals surface area (Å²) < 4.78 is 15.3. The number of hydrogen-bond donors (Lipinski definition) is 7. The van der Waals surface area contributed by atoms with E-state index in [1.807, 2.05) is 0 Å². The van der Waals surface area contributed by atoms with Crippen LogP contribution in [0.4, 0.5) is 0 Å². The maximum atomic E-state index is 10.4. The molecule has 11 heteroatoms. The van der Waals surface area contributed by atoms with E-state index in [1.165, 1.54) is 5.94 Å². The minimum Gasteiger partial charge on any atom is -0.394 e. The van der Waals surface area contributed by atoms with Gasteiger partial charge >= 0.3 is 0 Å².